The maximum absolute atomic E-state index is 5.62. The second-order valence-electron chi connectivity index (χ2n) is 10.3. The highest BCUT2D eigenvalue weighted by Crippen LogP contribution is 2.27. The molecule has 0 unspecified atom stereocenters. The summed E-state index contributed by atoms with van der Waals surface area (Å²) in [7, 11) is 0. The van der Waals surface area contributed by atoms with E-state index in [0.717, 1.165) is 61.7 Å². The summed E-state index contributed by atoms with van der Waals surface area (Å²) in [6, 6.07) is 14.7. The van der Waals surface area contributed by atoms with Crippen molar-refractivity contribution in [2.75, 3.05) is 31.1 Å². The molecule has 0 N–H and O–H groups in total. The van der Waals surface area contributed by atoms with E-state index in [0.29, 0.717) is 11.6 Å². The van der Waals surface area contributed by atoms with Crippen LogP contribution in [0.2, 0.25) is 0 Å². The first kappa shape index (κ1) is 22.3. The van der Waals surface area contributed by atoms with Crippen molar-refractivity contribution in [3.63, 3.8) is 0 Å². The van der Waals surface area contributed by atoms with Crippen molar-refractivity contribution < 1.29 is 4.42 Å². The van der Waals surface area contributed by atoms with Gasteiger partial charge in [-0.15, -0.1) is 5.10 Å². The summed E-state index contributed by atoms with van der Waals surface area (Å²) < 4.78 is 7.57. The number of benzene rings is 1. The van der Waals surface area contributed by atoms with Crippen LogP contribution in [0, 0.1) is 11.8 Å². The number of hydrogen-bond acceptors (Lipinski definition) is 6. The summed E-state index contributed by atoms with van der Waals surface area (Å²) in [5.41, 5.74) is 3.48. The van der Waals surface area contributed by atoms with Crippen LogP contribution in [0.1, 0.15) is 43.7 Å². The quantitative estimate of drug-likeness (QED) is 0.392. The van der Waals surface area contributed by atoms with Crippen molar-refractivity contribution in [1.29, 1.82) is 0 Å². The van der Waals surface area contributed by atoms with Crippen molar-refractivity contribution in [2.45, 2.75) is 45.6 Å². The van der Waals surface area contributed by atoms with Crippen molar-refractivity contribution in [2.24, 2.45) is 11.8 Å². The lowest BCUT2D eigenvalue weighted by Gasteiger charge is -2.33. The van der Waals surface area contributed by atoms with Gasteiger partial charge in [0, 0.05) is 31.4 Å². The van der Waals surface area contributed by atoms with Gasteiger partial charge in [-0.1, -0.05) is 37.3 Å². The highest BCUT2D eigenvalue weighted by Gasteiger charge is 2.25. The minimum atomic E-state index is 0.623. The molecule has 0 atom stereocenters. The van der Waals surface area contributed by atoms with Crippen LogP contribution < -0.4 is 4.90 Å². The molecule has 0 spiro atoms. The van der Waals surface area contributed by atoms with Gasteiger partial charge in [0.1, 0.15) is 0 Å². The minimum absolute atomic E-state index is 0.623. The Morgan fingerprint density at radius 3 is 2.49 bits per heavy atom. The molecule has 0 bridgehead atoms. The van der Waals surface area contributed by atoms with Crippen molar-refractivity contribution in [3.05, 3.63) is 66.1 Å². The second-order valence-corrected chi connectivity index (χ2v) is 10.3. The van der Waals surface area contributed by atoms with Crippen LogP contribution in [0.4, 0.5) is 5.95 Å². The van der Waals surface area contributed by atoms with E-state index in [4.69, 9.17) is 19.5 Å². The minimum Gasteiger partial charge on any atom is -0.461 e. The first-order valence-corrected chi connectivity index (χ1v) is 13.0. The van der Waals surface area contributed by atoms with E-state index in [2.05, 4.69) is 47.1 Å². The molecule has 3 aromatic heterocycles. The van der Waals surface area contributed by atoms with Crippen LogP contribution in [0.15, 0.2) is 59.3 Å². The Kier molecular flexibility index (Phi) is 6.25. The van der Waals surface area contributed by atoms with Crippen LogP contribution in [0.25, 0.3) is 17.2 Å². The highest BCUT2D eigenvalue weighted by atomic mass is 16.3. The molecular formula is C28H34N6O. The molecule has 182 valence electrons. The first-order valence-electron chi connectivity index (χ1n) is 13.0. The molecule has 1 aromatic carbocycles. The number of anilines is 1. The summed E-state index contributed by atoms with van der Waals surface area (Å²) in [5.74, 6) is 3.73. The molecule has 0 radical (unpaired) electrons. The van der Waals surface area contributed by atoms with Crippen LogP contribution in [0.5, 0.6) is 0 Å². The molecule has 7 nitrogen and oxygen atoms in total. The molecule has 0 aliphatic carbocycles. The maximum atomic E-state index is 5.62. The number of hydrogen-bond donors (Lipinski definition) is 0. The lowest BCUT2D eigenvalue weighted by atomic mass is 9.90. The van der Waals surface area contributed by atoms with E-state index in [1.54, 1.807) is 6.26 Å². The maximum Gasteiger partial charge on any atom is 0.228 e. The van der Waals surface area contributed by atoms with Gasteiger partial charge in [-0.25, -0.2) is 9.97 Å². The fraction of sp³-hybridized carbons (Fsp3) is 0.464. The molecular weight excluding hydrogens is 436 g/mol. The molecule has 0 saturated carbocycles. The number of likely N-dealkylation sites (tertiary alicyclic amines) is 1. The van der Waals surface area contributed by atoms with Crippen LogP contribution in [0.3, 0.4) is 0 Å². The second kappa shape index (κ2) is 9.82. The smallest absolute Gasteiger partial charge is 0.228 e. The van der Waals surface area contributed by atoms with Crippen LogP contribution >= 0.6 is 0 Å². The molecule has 0 amide bonds. The van der Waals surface area contributed by atoms with Crippen molar-refractivity contribution >= 4 is 11.6 Å². The van der Waals surface area contributed by atoms with Crippen molar-refractivity contribution in [3.8, 4) is 11.6 Å². The van der Waals surface area contributed by atoms with Crippen LogP contribution in [-0.4, -0.2) is 50.7 Å². The van der Waals surface area contributed by atoms with Crippen molar-refractivity contribution in [1.82, 2.24) is 24.5 Å². The molecule has 2 saturated heterocycles. The van der Waals surface area contributed by atoms with Gasteiger partial charge in [0.25, 0.3) is 0 Å². The summed E-state index contributed by atoms with van der Waals surface area (Å²) in [5, 5.41) is 4.85. The average Bonchev–Trinajstić information content (AvgIpc) is 3.57. The van der Waals surface area contributed by atoms with E-state index in [9.17, 15) is 0 Å². The molecule has 7 heteroatoms. The number of aromatic nitrogens is 4. The number of rotatable bonds is 6. The third-order valence-corrected chi connectivity index (χ3v) is 7.70. The van der Waals surface area contributed by atoms with Gasteiger partial charge >= 0.3 is 0 Å². The van der Waals surface area contributed by atoms with E-state index in [1.165, 1.54) is 37.7 Å². The Morgan fingerprint density at radius 1 is 0.943 bits per heavy atom. The van der Waals surface area contributed by atoms with E-state index in [1.807, 2.05) is 22.8 Å². The SMILES string of the molecule is CC1CCN(c2ncc(CN3CCC(Cc4ccccc4)CC3)c3nc(-c4ccco4)nn23)CC1. The fourth-order valence-electron chi connectivity index (χ4n) is 5.49. The standard InChI is InChI=1S/C28H34N6O/c1-21-9-15-33(16-10-21)28-29-19-24(27-30-26(31-34(27)28)25-8-5-17-35-25)20-32-13-11-23(12-14-32)18-22-6-3-2-4-7-22/h2-8,17,19,21,23H,9-16,18,20H2,1H3. The average molecular weight is 471 g/mol. The molecule has 6 rings (SSSR count). The molecule has 2 aliphatic heterocycles. The van der Waals surface area contributed by atoms with Gasteiger partial charge in [0.15, 0.2) is 11.4 Å². The third kappa shape index (κ3) is 4.82. The lowest BCUT2D eigenvalue weighted by Crippen LogP contribution is -2.36. The van der Waals surface area contributed by atoms with Gasteiger partial charge in [0.2, 0.25) is 11.8 Å². The Hall–Kier alpha value is -3.19. The van der Waals surface area contributed by atoms with Gasteiger partial charge < -0.3 is 9.32 Å². The summed E-state index contributed by atoms with van der Waals surface area (Å²) in [4.78, 5) is 14.7. The molecule has 2 aliphatic rings. The Morgan fingerprint density at radius 2 is 1.74 bits per heavy atom. The normalized spacial score (nSPS) is 18.5. The number of furan rings is 1. The monoisotopic (exact) mass is 470 g/mol. The Balaban J connectivity index is 1.22. The number of fused-ring (bicyclic) bond motifs is 1. The van der Waals surface area contributed by atoms with E-state index < -0.39 is 0 Å². The molecule has 5 heterocycles. The Bertz CT molecular complexity index is 1240. The van der Waals surface area contributed by atoms with Crippen LogP contribution in [-0.2, 0) is 13.0 Å². The van der Waals surface area contributed by atoms with Gasteiger partial charge in [-0.05, 0) is 74.7 Å². The third-order valence-electron chi connectivity index (χ3n) is 7.70. The van der Waals surface area contributed by atoms with Gasteiger partial charge in [-0.3, -0.25) is 4.90 Å². The predicted octanol–water partition coefficient (Wildman–Crippen LogP) is 5.08. The van der Waals surface area contributed by atoms with Gasteiger partial charge in [-0.2, -0.15) is 4.52 Å². The zero-order valence-corrected chi connectivity index (χ0v) is 20.5. The Labute approximate surface area is 206 Å². The summed E-state index contributed by atoms with van der Waals surface area (Å²) in [6.07, 6.45) is 9.71. The largest absolute Gasteiger partial charge is 0.461 e. The predicted molar refractivity (Wildman–Crippen MR) is 137 cm³/mol. The summed E-state index contributed by atoms with van der Waals surface area (Å²) in [6.45, 7) is 7.41. The van der Waals surface area contributed by atoms with Gasteiger partial charge in [0.05, 0.1) is 6.26 Å². The summed E-state index contributed by atoms with van der Waals surface area (Å²) >= 11 is 0. The molecule has 35 heavy (non-hydrogen) atoms. The number of piperidine rings is 2. The molecule has 2 fully saturated rings. The first-order chi connectivity index (χ1) is 17.2. The van der Waals surface area contributed by atoms with E-state index >= 15 is 0 Å². The fourth-order valence-corrected chi connectivity index (χ4v) is 5.49. The lowest BCUT2D eigenvalue weighted by molar-refractivity contribution is 0.177. The zero-order chi connectivity index (χ0) is 23.6. The number of nitrogens with zero attached hydrogens (tertiary/aromatic N) is 6. The highest BCUT2D eigenvalue weighted by molar-refractivity contribution is 5.58. The topological polar surface area (TPSA) is 62.7 Å². The zero-order valence-electron chi connectivity index (χ0n) is 20.5. The molecule has 4 aromatic rings. The van der Waals surface area contributed by atoms with E-state index in [-0.39, 0.29) is 0 Å².